The first-order valence-electron chi connectivity index (χ1n) is 5.36. The van der Waals surface area contributed by atoms with Gasteiger partial charge >= 0.3 is 5.97 Å². The van der Waals surface area contributed by atoms with Crippen molar-refractivity contribution in [2.45, 2.75) is 32.2 Å². The number of piperidine rings is 1. The second-order valence-corrected chi connectivity index (χ2v) is 4.04. The van der Waals surface area contributed by atoms with E-state index >= 15 is 0 Å². The zero-order valence-electron chi connectivity index (χ0n) is 8.78. The van der Waals surface area contributed by atoms with Crippen molar-refractivity contribution >= 4 is 5.97 Å². The van der Waals surface area contributed by atoms with E-state index in [-0.39, 0.29) is 5.92 Å². The van der Waals surface area contributed by atoms with Gasteiger partial charge in [-0.2, -0.15) is 0 Å². The first kappa shape index (κ1) is 11.5. The summed E-state index contributed by atoms with van der Waals surface area (Å²) in [5, 5.41) is 8.76. The molecule has 1 aliphatic heterocycles. The fourth-order valence-electron chi connectivity index (χ4n) is 2.05. The second kappa shape index (κ2) is 5.32. The molecule has 14 heavy (non-hydrogen) atoms. The van der Waals surface area contributed by atoms with Crippen LogP contribution in [0.15, 0.2) is 0 Å². The van der Waals surface area contributed by atoms with E-state index in [1.54, 1.807) is 0 Å². The summed E-state index contributed by atoms with van der Waals surface area (Å²) in [7, 11) is 0. The minimum absolute atomic E-state index is 0.167. The van der Waals surface area contributed by atoms with Gasteiger partial charge in [-0.1, -0.05) is 6.92 Å². The maximum absolute atomic E-state index is 10.7. The van der Waals surface area contributed by atoms with Crippen LogP contribution in [0, 0.1) is 5.92 Å². The van der Waals surface area contributed by atoms with Gasteiger partial charge in [-0.25, -0.2) is 0 Å². The molecule has 1 unspecified atom stereocenters. The lowest BCUT2D eigenvalue weighted by Crippen LogP contribution is -2.44. The van der Waals surface area contributed by atoms with Gasteiger partial charge in [0.2, 0.25) is 0 Å². The summed E-state index contributed by atoms with van der Waals surface area (Å²) in [5.41, 5.74) is 5.59. The Hall–Kier alpha value is -0.610. The highest BCUT2D eigenvalue weighted by Crippen LogP contribution is 2.19. The molecule has 1 rings (SSSR count). The third kappa shape index (κ3) is 2.96. The van der Waals surface area contributed by atoms with Crippen LogP contribution < -0.4 is 5.73 Å². The molecule has 0 aliphatic carbocycles. The number of hydrogen-bond acceptors (Lipinski definition) is 3. The molecule has 1 aliphatic rings. The third-order valence-electron chi connectivity index (χ3n) is 2.97. The van der Waals surface area contributed by atoms with Crippen molar-refractivity contribution in [2.75, 3.05) is 19.6 Å². The number of rotatable bonds is 4. The number of carboxylic acid groups (broad SMARTS) is 1. The summed E-state index contributed by atoms with van der Waals surface area (Å²) in [6, 6.07) is -0.668. The molecule has 0 amide bonds. The van der Waals surface area contributed by atoms with Gasteiger partial charge in [0.05, 0.1) is 0 Å². The van der Waals surface area contributed by atoms with Crippen LogP contribution in [0.4, 0.5) is 0 Å². The molecule has 0 radical (unpaired) electrons. The molecule has 1 atom stereocenters. The first-order chi connectivity index (χ1) is 6.65. The van der Waals surface area contributed by atoms with Gasteiger partial charge in [0.15, 0.2) is 0 Å². The summed E-state index contributed by atoms with van der Waals surface area (Å²) >= 11 is 0. The van der Waals surface area contributed by atoms with Crippen molar-refractivity contribution in [1.29, 1.82) is 0 Å². The minimum atomic E-state index is -0.862. The summed E-state index contributed by atoms with van der Waals surface area (Å²) in [6.07, 6.45) is 3.01. The number of hydrogen-bond donors (Lipinski definition) is 2. The van der Waals surface area contributed by atoms with E-state index < -0.39 is 12.0 Å². The average Bonchev–Trinajstić information content (AvgIpc) is 2.18. The van der Waals surface area contributed by atoms with Crippen molar-refractivity contribution in [3.8, 4) is 0 Å². The lowest BCUT2D eigenvalue weighted by atomic mass is 9.90. The Morgan fingerprint density at radius 3 is 2.57 bits per heavy atom. The quantitative estimate of drug-likeness (QED) is 0.694. The maximum Gasteiger partial charge on any atom is 0.320 e. The molecule has 4 heteroatoms. The highest BCUT2D eigenvalue weighted by molar-refractivity contribution is 5.73. The minimum Gasteiger partial charge on any atom is -0.480 e. The first-order valence-corrected chi connectivity index (χ1v) is 5.36. The monoisotopic (exact) mass is 200 g/mol. The zero-order valence-corrected chi connectivity index (χ0v) is 8.78. The predicted molar refractivity (Wildman–Crippen MR) is 55.1 cm³/mol. The van der Waals surface area contributed by atoms with Crippen LogP contribution in [0.3, 0.4) is 0 Å². The normalized spacial score (nSPS) is 22.1. The molecule has 1 fully saturated rings. The lowest BCUT2D eigenvalue weighted by Gasteiger charge is -2.33. The van der Waals surface area contributed by atoms with Crippen LogP contribution in [-0.2, 0) is 4.79 Å². The van der Waals surface area contributed by atoms with Gasteiger partial charge in [0.1, 0.15) is 6.04 Å². The Kier molecular flexibility index (Phi) is 4.35. The lowest BCUT2D eigenvalue weighted by molar-refractivity contribution is -0.140. The van der Waals surface area contributed by atoms with Crippen molar-refractivity contribution in [3.05, 3.63) is 0 Å². The summed E-state index contributed by atoms with van der Waals surface area (Å²) in [6.45, 7) is 5.28. The van der Waals surface area contributed by atoms with Crippen LogP contribution in [0.5, 0.6) is 0 Å². The summed E-state index contributed by atoms with van der Waals surface area (Å²) < 4.78 is 0. The number of nitrogens with two attached hydrogens (primary N) is 1. The van der Waals surface area contributed by atoms with Gasteiger partial charge in [0.25, 0.3) is 0 Å². The van der Waals surface area contributed by atoms with E-state index in [1.807, 2.05) is 0 Å². The highest BCUT2D eigenvalue weighted by Gasteiger charge is 2.27. The summed E-state index contributed by atoms with van der Waals surface area (Å²) in [5.74, 6) is -0.695. The van der Waals surface area contributed by atoms with E-state index in [0.29, 0.717) is 0 Å². The van der Waals surface area contributed by atoms with E-state index in [1.165, 1.54) is 0 Å². The smallest absolute Gasteiger partial charge is 0.320 e. The van der Waals surface area contributed by atoms with Crippen LogP contribution in [0.1, 0.15) is 26.2 Å². The van der Waals surface area contributed by atoms with E-state index in [4.69, 9.17) is 10.8 Å². The number of aliphatic carboxylic acids is 1. The van der Waals surface area contributed by atoms with Crippen molar-refractivity contribution < 1.29 is 9.90 Å². The summed E-state index contributed by atoms with van der Waals surface area (Å²) in [4.78, 5) is 13.0. The predicted octanol–water partition coefficient (Wildman–Crippen LogP) is 0.520. The molecule has 1 heterocycles. The Morgan fingerprint density at radius 1 is 1.57 bits per heavy atom. The number of carboxylic acids is 1. The fraction of sp³-hybridized carbons (Fsp3) is 0.900. The molecule has 0 bridgehead atoms. The van der Waals surface area contributed by atoms with Crippen LogP contribution in [0.25, 0.3) is 0 Å². The van der Waals surface area contributed by atoms with Crippen molar-refractivity contribution in [2.24, 2.45) is 11.7 Å². The van der Waals surface area contributed by atoms with Crippen LogP contribution in [-0.4, -0.2) is 41.7 Å². The van der Waals surface area contributed by atoms with Gasteiger partial charge in [-0.05, 0) is 44.8 Å². The average molecular weight is 200 g/mol. The Labute approximate surface area is 85.1 Å². The van der Waals surface area contributed by atoms with Gasteiger partial charge < -0.3 is 15.7 Å². The third-order valence-corrected chi connectivity index (χ3v) is 2.97. The maximum atomic E-state index is 10.7. The molecule has 1 saturated heterocycles. The molecule has 3 N–H and O–H groups in total. The molecule has 82 valence electrons. The van der Waals surface area contributed by atoms with Gasteiger partial charge in [-0.3, -0.25) is 4.79 Å². The topological polar surface area (TPSA) is 66.6 Å². The number of carbonyl (C=O) groups is 1. The molecule has 0 aromatic carbocycles. The molecule has 0 aromatic heterocycles. The standard InChI is InChI=1S/C10H20N2O2/c1-2-5-12-6-3-8(4-7-12)9(11)10(13)14/h8-9H,2-7,11H2,1H3,(H,13,14). The van der Waals surface area contributed by atoms with Crippen molar-refractivity contribution in [1.82, 2.24) is 4.90 Å². The fourth-order valence-corrected chi connectivity index (χ4v) is 2.05. The Morgan fingerprint density at radius 2 is 2.14 bits per heavy atom. The number of likely N-dealkylation sites (tertiary alicyclic amines) is 1. The van der Waals surface area contributed by atoms with Crippen LogP contribution >= 0.6 is 0 Å². The van der Waals surface area contributed by atoms with E-state index in [2.05, 4.69) is 11.8 Å². The van der Waals surface area contributed by atoms with Crippen molar-refractivity contribution in [3.63, 3.8) is 0 Å². The molecular formula is C10H20N2O2. The molecule has 0 spiro atoms. The zero-order chi connectivity index (χ0) is 10.6. The molecule has 0 aromatic rings. The van der Waals surface area contributed by atoms with E-state index in [9.17, 15) is 4.79 Å². The van der Waals surface area contributed by atoms with Crippen LogP contribution in [0.2, 0.25) is 0 Å². The Bertz CT molecular complexity index is 189. The van der Waals surface area contributed by atoms with Gasteiger partial charge in [0, 0.05) is 0 Å². The Balaban J connectivity index is 2.31. The second-order valence-electron chi connectivity index (χ2n) is 4.04. The molecule has 0 saturated carbocycles. The van der Waals surface area contributed by atoms with Gasteiger partial charge in [-0.15, -0.1) is 0 Å². The highest BCUT2D eigenvalue weighted by atomic mass is 16.4. The number of nitrogens with zero attached hydrogens (tertiary/aromatic N) is 1. The molecule has 4 nitrogen and oxygen atoms in total. The largest absolute Gasteiger partial charge is 0.480 e. The van der Waals surface area contributed by atoms with E-state index in [0.717, 1.165) is 38.9 Å². The molecular weight excluding hydrogens is 180 g/mol. The SMILES string of the molecule is CCCN1CCC(C(N)C(=O)O)CC1.